The largest absolute Gasteiger partial charge is 0.444 e. The number of rotatable bonds is 3. The zero-order valence-corrected chi connectivity index (χ0v) is 9.78. The number of amides is 1. The van der Waals surface area contributed by atoms with E-state index < -0.39 is 17.8 Å². The van der Waals surface area contributed by atoms with Gasteiger partial charge >= 0.3 is 6.09 Å². The highest BCUT2D eigenvalue weighted by Gasteiger charge is 2.17. The van der Waals surface area contributed by atoms with Crippen molar-refractivity contribution in [1.29, 1.82) is 0 Å². The van der Waals surface area contributed by atoms with E-state index in [9.17, 15) is 9.90 Å². The Morgan fingerprint density at radius 2 is 2.31 bits per heavy atom. The summed E-state index contributed by atoms with van der Waals surface area (Å²) in [5.74, 6) is 0. The quantitative estimate of drug-likeness (QED) is 0.732. The first-order chi connectivity index (χ1) is 7.38. The van der Waals surface area contributed by atoms with Gasteiger partial charge in [0.2, 0.25) is 0 Å². The van der Waals surface area contributed by atoms with E-state index in [1.54, 1.807) is 39.1 Å². The summed E-state index contributed by atoms with van der Waals surface area (Å²) in [4.78, 5) is 14.1. The molecule has 0 aromatic carbocycles. The van der Waals surface area contributed by atoms with Crippen molar-refractivity contribution >= 4 is 6.09 Å². The summed E-state index contributed by atoms with van der Waals surface area (Å²) < 4.78 is 5.03. The number of hydrogen-bond donors (Lipinski definition) is 3. The van der Waals surface area contributed by atoms with Gasteiger partial charge in [0.25, 0.3) is 0 Å². The molecule has 90 valence electrons. The summed E-state index contributed by atoms with van der Waals surface area (Å²) >= 11 is 0. The van der Waals surface area contributed by atoms with Gasteiger partial charge in [0.15, 0.2) is 0 Å². The molecule has 1 rings (SSSR count). The van der Waals surface area contributed by atoms with Crippen LogP contribution in [0.25, 0.3) is 0 Å². The molecule has 3 N–H and O–H groups in total. The number of alkyl carbamates (subject to hydrolysis) is 1. The maximum absolute atomic E-state index is 11.3. The van der Waals surface area contributed by atoms with Gasteiger partial charge < -0.3 is 20.1 Å². The number of H-pyrrole nitrogens is 1. The minimum Gasteiger partial charge on any atom is -0.444 e. The molecule has 1 aromatic heterocycles. The van der Waals surface area contributed by atoms with Crippen LogP contribution in [0, 0.1) is 0 Å². The van der Waals surface area contributed by atoms with Gasteiger partial charge in [0.1, 0.15) is 11.7 Å². The molecule has 0 radical (unpaired) electrons. The molecule has 5 nitrogen and oxygen atoms in total. The van der Waals surface area contributed by atoms with Gasteiger partial charge in [-0.05, 0) is 32.9 Å². The number of carbonyl (C=O) groups excluding carboxylic acids is 1. The van der Waals surface area contributed by atoms with E-state index in [1.165, 1.54) is 0 Å². The zero-order valence-electron chi connectivity index (χ0n) is 9.78. The molecule has 0 aliphatic rings. The highest BCUT2D eigenvalue weighted by molar-refractivity contribution is 5.67. The number of aromatic nitrogens is 1. The number of hydrogen-bond acceptors (Lipinski definition) is 3. The Kier molecular flexibility index (Phi) is 3.95. The maximum atomic E-state index is 11.3. The predicted molar refractivity (Wildman–Crippen MR) is 60.0 cm³/mol. The van der Waals surface area contributed by atoms with E-state index in [0.29, 0.717) is 5.69 Å². The van der Waals surface area contributed by atoms with Gasteiger partial charge in [-0.15, -0.1) is 0 Å². The number of nitrogens with one attached hydrogen (secondary N) is 2. The average molecular weight is 226 g/mol. The minimum atomic E-state index is -0.748. The third-order valence-electron chi connectivity index (χ3n) is 1.82. The first-order valence-electron chi connectivity index (χ1n) is 5.17. The van der Waals surface area contributed by atoms with E-state index in [-0.39, 0.29) is 6.54 Å². The minimum absolute atomic E-state index is 0.120. The molecule has 0 aliphatic heterocycles. The zero-order chi connectivity index (χ0) is 12.2. The lowest BCUT2D eigenvalue weighted by Gasteiger charge is -2.20. The van der Waals surface area contributed by atoms with Gasteiger partial charge in [-0.25, -0.2) is 4.79 Å². The lowest BCUT2D eigenvalue weighted by atomic mass is 10.2. The van der Waals surface area contributed by atoms with E-state index >= 15 is 0 Å². The molecule has 0 bridgehead atoms. The first kappa shape index (κ1) is 12.6. The van der Waals surface area contributed by atoms with Gasteiger partial charge in [-0.1, -0.05) is 0 Å². The fraction of sp³-hybridized carbons (Fsp3) is 0.545. The average Bonchev–Trinajstić information content (AvgIpc) is 2.64. The van der Waals surface area contributed by atoms with E-state index in [0.717, 1.165) is 0 Å². The van der Waals surface area contributed by atoms with Crippen LogP contribution in [0.1, 0.15) is 32.6 Å². The SMILES string of the molecule is CC(C)(C)OC(=O)NCC(O)c1ccc[nH]1. The molecule has 0 aliphatic carbocycles. The van der Waals surface area contributed by atoms with Crippen LogP contribution >= 0.6 is 0 Å². The lowest BCUT2D eigenvalue weighted by Crippen LogP contribution is -2.34. The first-order valence-corrected chi connectivity index (χ1v) is 5.17. The maximum Gasteiger partial charge on any atom is 0.407 e. The van der Waals surface area contributed by atoms with Crippen molar-refractivity contribution in [2.24, 2.45) is 0 Å². The van der Waals surface area contributed by atoms with Crippen LogP contribution in [0.4, 0.5) is 4.79 Å². The van der Waals surface area contributed by atoms with Gasteiger partial charge in [-0.2, -0.15) is 0 Å². The lowest BCUT2D eigenvalue weighted by molar-refractivity contribution is 0.0490. The van der Waals surface area contributed by atoms with Crippen LogP contribution in [0.3, 0.4) is 0 Å². The predicted octanol–water partition coefficient (Wildman–Crippen LogP) is 1.57. The Bertz CT molecular complexity index is 327. The molecule has 1 heterocycles. The number of ether oxygens (including phenoxy) is 1. The van der Waals surface area contributed by atoms with Crippen LogP contribution in [-0.2, 0) is 4.74 Å². The molecule has 16 heavy (non-hydrogen) atoms. The third kappa shape index (κ3) is 4.35. The molecule has 1 amide bonds. The Morgan fingerprint density at radius 1 is 1.62 bits per heavy atom. The summed E-state index contributed by atoms with van der Waals surface area (Å²) in [6.45, 7) is 5.48. The van der Waals surface area contributed by atoms with Crippen LogP contribution < -0.4 is 5.32 Å². The van der Waals surface area contributed by atoms with Crippen molar-refractivity contribution in [3.8, 4) is 0 Å². The van der Waals surface area contributed by atoms with Crippen molar-refractivity contribution in [3.05, 3.63) is 24.0 Å². The van der Waals surface area contributed by atoms with Crippen LogP contribution in [0.15, 0.2) is 18.3 Å². The van der Waals surface area contributed by atoms with Crippen LogP contribution in [0.2, 0.25) is 0 Å². The highest BCUT2D eigenvalue weighted by atomic mass is 16.6. The fourth-order valence-corrected chi connectivity index (χ4v) is 1.16. The highest BCUT2D eigenvalue weighted by Crippen LogP contribution is 2.09. The normalized spacial score (nSPS) is 13.2. The summed E-state index contributed by atoms with van der Waals surface area (Å²) in [7, 11) is 0. The van der Waals surface area contributed by atoms with Crippen molar-refractivity contribution < 1.29 is 14.6 Å². The number of aliphatic hydroxyl groups is 1. The molecule has 5 heteroatoms. The van der Waals surface area contributed by atoms with Gasteiger partial charge in [-0.3, -0.25) is 0 Å². The fourth-order valence-electron chi connectivity index (χ4n) is 1.16. The number of aromatic amines is 1. The molecule has 1 aromatic rings. The van der Waals surface area contributed by atoms with Crippen molar-refractivity contribution in [2.45, 2.75) is 32.5 Å². The summed E-state index contributed by atoms with van der Waals surface area (Å²) in [5, 5.41) is 12.2. The van der Waals surface area contributed by atoms with Gasteiger partial charge in [0.05, 0.1) is 6.54 Å². The topological polar surface area (TPSA) is 74.3 Å². The Hall–Kier alpha value is -1.49. The standard InChI is InChI=1S/C11H18N2O3/c1-11(2,3)16-10(15)13-7-9(14)8-5-4-6-12-8/h4-6,9,12,14H,7H2,1-3H3,(H,13,15). The summed E-state index contributed by atoms with van der Waals surface area (Å²) in [6, 6.07) is 3.54. The Morgan fingerprint density at radius 3 is 2.81 bits per heavy atom. The second-order valence-corrected chi connectivity index (χ2v) is 4.52. The summed E-state index contributed by atoms with van der Waals surface area (Å²) in [5.41, 5.74) is 0.137. The second kappa shape index (κ2) is 5.03. The molecule has 0 saturated carbocycles. The van der Waals surface area contributed by atoms with Crippen LogP contribution in [0.5, 0.6) is 0 Å². The second-order valence-electron chi connectivity index (χ2n) is 4.52. The molecule has 1 unspecified atom stereocenters. The molecular formula is C11H18N2O3. The van der Waals surface area contributed by atoms with Crippen molar-refractivity contribution in [3.63, 3.8) is 0 Å². The van der Waals surface area contributed by atoms with Gasteiger partial charge in [0, 0.05) is 11.9 Å². The van der Waals surface area contributed by atoms with Crippen molar-refractivity contribution in [2.75, 3.05) is 6.54 Å². The van der Waals surface area contributed by atoms with E-state index in [4.69, 9.17) is 4.74 Å². The van der Waals surface area contributed by atoms with E-state index in [2.05, 4.69) is 10.3 Å². The summed E-state index contributed by atoms with van der Waals surface area (Å²) in [6.07, 6.45) is 0.437. The number of carbonyl (C=O) groups is 1. The monoisotopic (exact) mass is 226 g/mol. The molecule has 0 saturated heterocycles. The van der Waals surface area contributed by atoms with Crippen LogP contribution in [-0.4, -0.2) is 28.3 Å². The molecule has 0 spiro atoms. The molecular weight excluding hydrogens is 208 g/mol. The number of aliphatic hydroxyl groups excluding tert-OH is 1. The smallest absolute Gasteiger partial charge is 0.407 e. The molecule has 0 fully saturated rings. The van der Waals surface area contributed by atoms with Crippen molar-refractivity contribution in [1.82, 2.24) is 10.3 Å². The Labute approximate surface area is 94.8 Å². The third-order valence-corrected chi connectivity index (χ3v) is 1.82. The van der Waals surface area contributed by atoms with E-state index in [1.807, 2.05) is 0 Å². The Balaban J connectivity index is 2.32. The molecule has 1 atom stereocenters.